The largest absolute Gasteiger partial charge is 0.436 e. The van der Waals surface area contributed by atoms with E-state index in [0.29, 0.717) is 11.7 Å². The molecule has 5 heteroatoms. The number of oxazole rings is 1. The third kappa shape index (κ3) is 5.37. The van der Waals surface area contributed by atoms with Gasteiger partial charge in [0, 0.05) is 38.7 Å². The SMILES string of the molecule is c1ccc(-c2cc(-c3ccc(-c4ccc(-n5c6ccccc6c6ccc(-c7nc8ccccc8o7)cc65)cc4)c4ccccc34)nc(-c3ccccc3)n2)cc1. The average Bonchev–Trinajstić information content (AvgIpc) is 3.86. The van der Waals surface area contributed by atoms with E-state index in [-0.39, 0.29) is 0 Å². The molecule has 0 saturated heterocycles. The molecule has 3 heterocycles. The summed E-state index contributed by atoms with van der Waals surface area (Å²) in [5.74, 6) is 1.32. The van der Waals surface area contributed by atoms with Gasteiger partial charge in [0.25, 0.3) is 0 Å². The van der Waals surface area contributed by atoms with Gasteiger partial charge in [-0.05, 0) is 70.4 Å². The smallest absolute Gasteiger partial charge is 0.227 e. The topological polar surface area (TPSA) is 56.7 Å². The van der Waals surface area contributed by atoms with Gasteiger partial charge in [-0.15, -0.1) is 0 Å². The Hall–Kier alpha value is -7.63. The fourth-order valence-corrected chi connectivity index (χ4v) is 8.00. The second-order valence-electron chi connectivity index (χ2n) is 14.0. The molecule has 5 nitrogen and oxygen atoms in total. The number of benzene rings is 8. The summed E-state index contributed by atoms with van der Waals surface area (Å²) in [7, 11) is 0. The van der Waals surface area contributed by atoms with Crippen molar-refractivity contribution in [2.24, 2.45) is 0 Å². The molecular formula is C51H32N4O. The minimum atomic E-state index is 0.616. The lowest BCUT2D eigenvalue weighted by atomic mass is 9.93. The van der Waals surface area contributed by atoms with Crippen LogP contribution in [0.5, 0.6) is 0 Å². The zero-order valence-electron chi connectivity index (χ0n) is 30.2. The summed E-state index contributed by atoms with van der Waals surface area (Å²) in [5, 5.41) is 4.69. The fourth-order valence-electron chi connectivity index (χ4n) is 8.00. The zero-order chi connectivity index (χ0) is 37.0. The minimum Gasteiger partial charge on any atom is -0.436 e. The van der Waals surface area contributed by atoms with E-state index < -0.39 is 0 Å². The summed E-state index contributed by atoms with van der Waals surface area (Å²) >= 11 is 0. The maximum Gasteiger partial charge on any atom is 0.227 e. The van der Waals surface area contributed by atoms with Crippen molar-refractivity contribution in [3.63, 3.8) is 0 Å². The van der Waals surface area contributed by atoms with Gasteiger partial charge in [0.05, 0.1) is 22.4 Å². The highest BCUT2D eigenvalue weighted by atomic mass is 16.3. The molecule has 0 radical (unpaired) electrons. The third-order valence-corrected chi connectivity index (χ3v) is 10.7. The van der Waals surface area contributed by atoms with E-state index in [1.54, 1.807) is 0 Å². The number of para-hydroxylation sites is 3. The van der Waals surface area contributed by atoms with Gasteiger partial charge >= 0.3 is 0 Å². The lowest BCUT2D eigenvalue weighted by molar-refractivity contribution is 0.620. The van der Waals surface area contributed by atoms with E-state index in [1.807, 2.05) is 60.7 Å². The van der Waals surface area contributed by atoms with Gasteiger partial charge in [0.2, 0.25) is 5.89 Å². The van der Waals surface area contributed by atoms with Crippen LogP contribution in [-0.2, 0) is 0 Å². The minimum absolute atomic E-state index is 0.616. The standard InChI is InChI=1S/C51H32N4O/c1-3-13-34(14-4-1)45-32-46(53-50(52-45)35-15-5-2-6-16-35)41-30-29-38(39-17-7-8-18-40(39)41)33-23-26-37(27-24-33)55-47-21-11-9-19-42(47)43-28-25-36(31-48(43)55)51-54-44-20-10-12-22-49(44)56-51/h1-32H. The Balaban J connectivity index is 1.02. The van der Waals surface area contributed by atoms with E-state index in [2.05, 4.69) is 138 Å². The van der Waals surface area contributed by atoms with Crippen molar-refractivity contribution in [1.82, 2.24) is 19.5 Å². The molecule has 0 aliphatic rings. The lowest BCUT2D eigenvalue weighted by Gasteiger charge is -2.14. The molecule has 3 aromatic heterocycles. The molecule has 0 aliphatic heterocycles. The van der Waals surface area contributed by atoms with E-state index in [1.165, 1.54) is 16.2 Å². The molecule has 0 saturated carbocycles. The van der Waals surface area contributed by atoms with E-state index in [9.17, 15) is 0 Å². The van der Waals surface area contributed by atoms with Gasteiger partial charge in [-0.2, -0.15) is 0 Å². The number of nitrogens with zero attached hydrogens (tertiary/aromatic N) is 4. The van der Waals surface area contributed by atoms with Crippen molar-refractivity contribution in [2.75, 3.05) is 0 Å². The van der Waals surface area contributed by atoms with Crippen LogP contribution in [0.3, 0.4) is 0 Å². The Morgan fingerprint density at radius 2 is 0.982 bits per heavy atom. The Kier molecular flexibility index (Phi) is 7.42. The van der Waals surface area contributed by atoms with Crippen LogP contribution in [0.2, 0.25) is 0 Å². The Bertz CT molecular complexity index is 3150. The Morgan fingerprint density at radius 3 is 1.77 bits per heavy atom. The first-order valence-electron chi connectivity index (χ1n) is 18.8. The predicted molar refractivity (Wildman–Crippen MR) is 229 cm³/mol. The molecular weight excluding hydrogens is 685 g/mol. The first kappa shape index (κ1) is 31.9. The molecule has 56 heavy (non-hydrogen) atoms. The Labute approximate surface area is 322 Å². The summed E-state index contributed by atoms with van der Waals surface area (Å²) in [5.41, 5.74) is 13.1. The maximum absolute atomic E-state index is 6.18. The molecule has 11 aromatic rings. The molecule has 0 fully saturated rings. The number of fused-ring (bicyclic) bond motifs is 5. The quantitative estimate of drug-likeness (QED) is 0.172. The monoisotopic (exact) mass is 716 g/mol. The number of hydrogen-bond donors (Lipinski definition) is 0. The third-order valence-electron chi connectivity index (χ3n) is 10.7. The van der Waals surface area contributed by atoms with Crippen molar-refractivity contribution < 1.29 is 4.42 Å². The van der Waals surface area contributed by atoms with Crippen LogP contribution in [0, 0.1) is 0 Å². The maximum atomic E-state index is 6.18. The number of aromatic nitrogens is 4. The van der Waals surface area contributed by atoms with Crippen molar-refractivity contribution in [3.8, 4) is 62.2 Å². The normalized spacial score (nSPS) is 11.6. The molecule has 0 spiro atoms. The highest BCUT2D eigenvalue weighted by molar-refractivity contribution is 6.10. The van der Waals surface area contributed by atoms with Crippen molar-refractivity contribution in [2.45, 2.75) is 0 Å². The second-order valence-corrected chi connectivity index (χ2v) is 14.0. The van der Waals surface area contributed by atoms with Crippen LogP contribution in [0.15, 0.2) is 199 Å². The first-order chi connectivity index (χ1) is 27.7. The van der Waals surface area contributed by atoms with Gasteiger partial charge in [0.1, 0.15) is 5.52 Å². The lowest BCUT2D eigenvalue weighted by Crippen LogP contribution is -1.97. The first-order valence-corrected chi connectivity index (χ1v) is 18.8. The molecule has 11 rings (SSSR count). The van der Waals surface area contributed by atoms with E-state index >= 15 is 0 Å². The van der Waals surface area contributed by atoms with E-state index in [0.717, 1.165) is 78.0 Å². The van der Waals surface area contributed by atoms with Crippen LogP contribution in [0.25, 0.3) is 106 Å². The summed E-state index contributed by atoms with van der Waals surface area (Å²) in [6, 6.07) is 67.6. The fraction of sp³-hybridized carbons (Fsp3) is 0. The highest BCUT2D eigenvalue weighted by Crippen LogP contribution is 2.39. The molecule has 0 atom stereocenters. The van der Waals surface area contributed by atoms with Gasteiger partial charge < -0.3 is 8.98 Å². The van der Waals surface area contributed by atoms with Crippen LogP contribution in [0.1, 0.15) is 0 Å². The van der Waals surface area contributed by atoms with Gasteiger partial charge in [-0.3, -0.25) is 0 Å². The van der Waals surface area contributed by atoms with Gasteiger partial charge in [-0.1, -0.05) is 146 Å². The zero-order valence-corrected chi connectivity index (χ0v) is 30.2. The predicted octanol–water partition coefficient (Wildman–Crippen LogP) is 13.2. The van der Waals surface area contributed by atoms with Gasteiger partial charge in [0.15, 0.2) is 11.4 Å². The van der Waals surface area contributed by atoms with Crippen molar-refractivity contribution in [3.05, 3.63) is 194 Å². The summed E-state index contributed by atoms with van der Waals surface area (Å²) in [6.45, 7) is 0. The van der Waals surface area contributed by atoms with E-state index in [4.69, 9.17) is 19.4 Å². The van der Waals surface area contributed by atoms with Gasteiger partial charge in [-0.25, -0.2) is 15.0 Å². The van der Waals surface area contributed by atoms with Crippen LogP contribution >= 0.6 is 0 Å². The highest BCUT2D eigenvalue weighted by Gasteiger charge is 2.18. The van der Waals surface area contributed by atoms with Crippen molar-refractivity contribution >= 4 is 43.7 Å². The summed E-state index contributed by atoms with van der Waals surface area (Å²) < 4.78 is 8.52. The molecule has 0 unspecified atom stereocenters. The molecule has 0 aliphatic carbocycles. The summed E-state index contributed by atoms with van der Waals surface area (Å²) in [4.78, 5) is 15.0. The molecule has 0 amide bonds. The molecule has 0 bridgehead atoms. The second kappa shape index (κ2) is 13.0. The number of rotatable bonds is 6. The summed E-state index contributed by atoms with van der Waals surface area (Å²) in [6.07, 6.45) is 0. The molecule has 8 aromatic carbocycles. The Morgan fingerprint density at radius 1 is 0.375 bits per heavy atom. The molecule has 0 N–H and O–H groups in total. The number of hydrogen-bond acceptors (Lipinski definition) is 4. The average molecular weight is 717 g/mol. The van der Waals surface area contributed by atoms with Crippen LogP contribution < -0.4 is 0 Å². The van der Waals surface area contributed by atoms with Crippen molar-refractivity contribution in [1.29, 1.82) is 0 Å². The van der Waals surface area contributed by atoms with Crippen LogP contribution in [-0.4, -0.2) is 19.5 Å². The molecule has 262 valence electrons. The van der Waals surface area contributed by atoms with Crippen LogP contribution in [0.4, 0.5) is 0 Å².